The molecule has 7 heteroatoms. The van der Waals surface area contributed by atoms with E-state index in [1.807, 2.05) is 30.3 Å². The van der Waals surface area contributed by atoms with E-state index in [-0.39, 0.29) is 5.56 Å². The van der Waals surface area contributed by atoms with Gasteiger partial charge in [0.25, 0.3) is 5.56 Å². The van der Waals surface area contributed by atoms with Gasteiger partial charge in [-0.15, -0.1) is 0 Å². The van der Waals surface area contributed by atoms with E-state index in [0.717, 1.165) is 5.69 Å². The van der Waals surface area contributed by atoms with Gasteiger partial charge in [-0.3, -0.25) is 9.36 Å². The molecule has 0 amide bonds. The minimum atomic E-state index is -0.741. The predicted molar refractivity (Wildman–Crippen MR) is 79.9 cm³/mol. The van der Waals surface area contributed by atoms with Crippen LogP contribution in [-0.2, 0) is 9.53 Å². The van der Waals surface area contributed by atoms with Crippen LogP contribution in [0.2, 0.25) is 0 Å². The van der Waals surface area contributed by atoms with Gasteiger partial charge in [-0.2, -0.15) is 5.10 Å². The lowest BCUT2D eigenvalue weighted by Crippen LogP contribution is -2.29. The number of hydrogen-bond donors (Lipinski definition) is 0. The Morgan fingerprint density at radius 3 is 2.68 bits per heavy atom. The highest BCUT2D eigenvalue weighted by molar-refractivity contribution is 5.77. The zero-order chi connectivity index (χ0) is 15.7. The number of carbonyl (C=O) groups excluding carboxylic acids is 1. The van der Waals surface area contributed by atoms with Crippen molar-refractivity contribution in [2.45, 2.75) is 13.0 Å². The molecule has 0 N–H and O–H groups in total. The van der Waals surface area contributed by atoms with Crippen LogP contribution in [0.1, 0.15) is 13.0 Å². The summed E-state index contributed by atoms with van der Waals surface area (Å²) in [5, 5.41) is 4.57. The number of ether oxygens (including phenoxy) is 1. The Morgan fingerprint density at radius 1 is 1.27 bits per heavy atom. The Hall–Kier alpha value is -2.96. The number of nitrogens with zero attached hydrogens (tertiary/aromatic N) is 4. The van der Waals surface area contributed by atoms with E-state index in [4.69, 9.17) is 0 Å². The molecule has 3 rings (SSSR count). The van der Waals surface area contributed by atoms with Gasteiger partial charge in [0.15, 0.2) is 5.65 Å². The molecule has 2 heterocycles. The Labute approximate surface area is 125 Å². The second kappa shape index (κ2) is 5.44. The molecule has 0 aliphatic carbocycles. The summed E-state index contributed by atoms with van der Waals surface area (Å²) in [6.45, 7) is 1.59. The average molecular weight is 298 g/mol. The van der Waals surface area contributed by atoms with Gasteiger partial charge in [-0.05, 0) is 19.1 Å². The summed E-state index contributed by atoms with van der Waals surface area (Å²) in [6, 6.07) is 8.66. The van der Waals surface area contributed by atoms with E-state index in [1.54, 1.807) is 11.6 Å². The van der Waals surface area contributed by atoms with E-state index in [2.05, 4.69) is 14.8 Å². The Bertz CT molecular complexity index is 883. The second-order valence-electron chi connectivity index (χ2n) is 4.79. The number of methoxy groups -OCH3 is 1. The van der Waals surface area contributed by atoms with Crippen molar-refractivity contribution in [2.24, 2.45) is 0 Å². The van der Waals surface area contributed by atoms with Crippen molar-refractivity contribution in [2.75, 3.05) is 7.11 Å². The highest BCUT2D eigenvalue weighted by Gasteiger charge is 2.19. The average Bonchev–Trinajstić information content (AvgIpc) is 2.99. The first-order valence-corrected chi connectivity index (χ1v) is 6.71. The fourth-order valence-corrected chi connectivity index (χ4v) is 2.24. The highest BCUT2D eigenvalue weighted by Crippen LogP contribution is 2.14. The molecule has 112 valence electrons. The predicted octanol–water partition coefficient (Wildman–Crippen LogP) is 1.32. The van der Waals surface area contributed by atoms with Crippen LogP contribution in [0.5, 0.6) is 0 Å². The molecule has 1 aromatic carbocycles. The van der Waals surface area contributed by atoms with Gasteiger partial charge in [0, 0.05) is 0 Å². The minimum absolute atomic E-state index is 0.329. The van der Waals surface area contributed by atoms with Crippen LogP contribution in [0.15, 0.2) is 47.7 Å². The van der Waals surface area contributed by atoms with Crippen LogP contribution in [0, 0.1) is 0 Å². The van der Waals surface area contributed by atoms with E-state index in [9.17, 15) is 9.59 Å². The Balaban J connectivity index is 2.15. The van der Waals surface area contributed by atoms with Crippen molar-refractivity contribution < 1.29 is 9.53 Å². The molecular weight excluding hydrogens is 284 g/mol. The maximum absolute atomic E-state index is 12.5. The number of carbonyl (C=O) groups is 1. The van der Waals surface area contributed by atoms with Crippen LogP contribution in [-0.4, -0.2) is 32.4 Å². The zero-order valence-corrected chi connectivity index (χ0v) is 12.1. The second-order valence-corrected chi connectivity index (χ2v) is 4.79. The molecule has 1 atom stereocenters. The number of rotatable bonds is 3. The van der Waals surface area contributed by atoms with Crippen molar-refractivity contribution in [3.05, 3.63) is 53.2 Å². The number of fused-ring (bicyclic) bond motifs is 1. The molecule has 0 radical (unpaired) electrons. The summed E-state index contributed by atoms with van der Waals surface area (Å²) in [5.74, 6) is -0.501. The molecule has 0 spiro atoms. The van der Waals surface area contributed by atoms with E-state index in [1.165, 1.54) is 24.2 Å². The SMILES string of the molecule is COC(=O)C(C)n1cnc2c(cnn2-c2ccccc2)c1=O. The summed E-state index contributed by atoms with van der Waals surface area (Å²) < 4.78 is 7.49. The lowest BCUT2D eigenvalue weighted by Gasteiger charge is -2.12. The van der Waals surface area contributed by atoms with Crippen molar-refractivity contribution in [3.8, 4) is 5.69 Å². The Kier molecular flexibility index (Phi) is 3.46. The smallest absolute Gasteiger partial charge is 0.328 e. The molecule has 3 aromatic rings. The van der Waals surface area contributed by atoms with Gasteiger partial charge >= 0.3 is 5.97 Å². The van der Waals surface area contributed by atoms with Gasteiger partial charge in [0.05, 0.1) is 19.0 Å². The number of esters is 1. The van der Waals surface area contributed by atoms with Crippen molar-refractivity contribution in [1.82, 2.24) is 19.3 Å². The summed E-state index contributed by atoms with van der Waals surface area (Å²) in [7, 11) is 1.28. The maximum atomic E-state index is 12.5. The van der Waals surface area contributed by atoms with E-state index in [0.29, 0.717) is 11.0 Å². The molecule has 0 aliphatic heterocycles. The van der Waals surface area contributed by atoms with Gasteiger partial charge in [0.2, 0.25) is 0 Å². The first-order chi connectivity index (χ1) is 10.6. The molecule has 1 unspecified atom stereocenters. The number of para-hydroxylation sites is 1. The third kappa shape index (κ3) is 2.16. The topological polar surface area (TPSA) is 79.0 Å². The van der Waals surface area contributed by atoms with Crippen LogP contribution in [0.4, 0.5) is 0 Å². The number of hydrogen-bond acceptors (Lipinski definition) is 5. The van der Waals surface area contributed by atoms with E-state index >= 15 is 0 Å². The molecule has 0 saturated carbocycles. The molecule has 0 aliphatic rings. The van der Waals surface area contributed by atoms with Crippen LogP contribution in [0.25, 0.3) is 16.7 Å². The third-order valence-corrected chi connectivity index (χ3v) is 3.47. The van der Waals surface area contributed by atoms with Gasteiger partial charge < -0.3 is 4.74 Å². The standard InChI is InChI=1S/C15H14N4O3/c1-10(15(21)22-2)18-9-16-13-12(14(18)20)8-17-19(13)11-6-4-3-5-7-11/h3-10H,1-2H3. The van der Waals surface area contributed by atoms with Crippen LogP contribution in [0.3, 0.4) is 0 Å². The van der Waals surface area contributed by atoms with Crippen molar-refractivity contribution in [3.63, 3.8) is 0 Å². The van der Waals surface area contributed by atoms with Crippen LogP contribution >= 0.6 is 0 Å². The zero-order valence-electron chi connectivity index (χ0n) is 12.1. The Morgan fingerprint density at radius 2 is 2.00 bits per heavy atom. The highest BCUT2D eigenvalue weighted by atomic mass is 16.5. The quantitative estimate of drug-likeness (QED) is 0.681. The molecule has 22 heavy (non-hydrogen) atoms. The van der Waals surface area contributed by atoms with Gasteiger partial charge in [-0.1, -0.05) is 18.2 Å². The van der Waals surface area contributed by atoms with Gasteiger partial charge in [-0.25, -0.2) is 14.5 Å². The number of aromatic nitrogens is 4. The van der Waals surface area contributed by atoms with Crippen molar-refractivity contribution in [1.29, 1.82) is 0 Å². The fraction of sp³-hybridized carbons (Fsp3) is 0.200. The maximum Gasteiger partial charge on any atom is 0.328 e. The lowest BCUT2D eigenvalue weighted by molar-refractivity contribution is -0.144. The molecule has 0 saturated heterocycles. The first kappa shape index (κ1) is 14.0. The summed E-state index contributed by atoms with van der Waals surface area (Å²) in [5.41, 5.74) is 0.928. The largest absolute Gasteiger partial charge is 0.467 e. The van der Waals surface area contributed by atoms with Crippen molar-refractivity contribution >= 4 is 17.0 Å². The summed E-state index contributed by atoms with van der Waals surface area (Å²) in [6.07, 6.45) is 2.80. The fourth-order valence-electron chi connectivity index (χ4n) is 2.24. The third-order valence-electron chi connectivity index (χ3n) is 3.47. The summed E-state index contributed by atoms with van der Waals surface area (Å²) >= 11 is 0. The van der Waals surface area contributed by atoms with Crippen LogP contribution < -0.4 is 5.56 Å². The lowest BCUT2D eigenvalue weighted by atomic mass is 10.3. The molecule has 2 aromatic heterocycles. The monoisotopic (exact) mass is 298 g/mol. The van der Waals surface area contributed by atoms with E-state index < -0.39 is 12.0 Å². The van der Waals surface area contributed by atoms with Gasteiger partial charge in [0.1, 0.15) is 17.8 Å². The molecule has 0 bridgehead atoms. The number of benzene rings is 1. The molecule has 0 fully saturated rings. The molecular formula is C15H14N4O3. The summed E-state index contributed by atoms with van der Waals surface area (Å²) in [4.78, 5) is 28.4. The normalized spacial score (nSPS) is 12.3. The minimum Gasteiger partial charge on any atom is -0.467 e. The molecule has 7 nitrogen and oxygen atoms in total. The first-order valence-electron chi connectivity index (χ1n) is 6.71.